The first-order valence-electron chi connectivity index (χ1n) is 6.91. The minimum absolute atomic E-state index is 0.147. The van der Waals surface area contributed by atoms with Crippen molar-refractivity contribution in [3.05, 3.63) is 35.6 Å². The maximum atomic E-state index is 13.4. The number of piperidine rings is 1. The first-order valence-corrected chi connectivity index (χ1v) is 6.91. The lowest BCUT2D eigenvalue weighted by atomic mass is 9.95. The summed E-state index contributed by atoms with van der Waals surface area (Å²) in [5.41, 5.74) is -0.240. The van der Waals surface area contributed by atoms with Gasteiger partial charge in [-0.1, -0.05) is 18.2 Å². The molecule has 110 valence electrons. The molecule has 1 heterocycles. The highest BCUT2D eigenvalue weighted by atomic mass is 19.1. The molecule has 0 saturated carbocycles. The fraction of sp³-hybridized carbons (Fsp3) is 0.533. The number of nitrogens with one attached hydrogen (secondary N) is 1. The molecular formula is C15H21FN2O2. The fourth-order valence-corrected chi connectivity index (χ4v) is 2.55. The number of likely N-dealkylation sites (tertiary alicyclic amines) is 1. The van der Waals surface area contributed by atoms with Crippen LogP contribution in [0.3, 0.4) is 0 Å². The lowest BCUT2D eigenvalue weighted by Crippen LogP contribution is -2.49. The van der Waals surface area contributed by atoms with E-state index in [9.17, 15) is 14.3 Å². The average molecular weight is 280 g/mol. The lowest BCUT2D eigenvalue weighted by molar-refractivity contribution is -0.123. The maximum absolute atomic E-state index is 13.4. The van der Waals surface area contributed by atoms with Gasteiger partial charge in [0.25, 0.3) is 0 Å². The van der Waals surface area contributed by atoms with E-state index in [0.29, 0.717) is 12.1 Å². The summed E-state index contributed by atoms with van der Waals surface area (Å²) in [4.78, 5) is 13.8. The van der Waals surface area contributed by atoms with Crippen LogP contribution in [0, 0.1) is 5.82 Å². The minimum atomic E-state index is -0.718. The number of hydrogen-bond donors (Lipinski definition) is 2. The van der Waals surface area contributed by atoms with E-state index in [4.69, 9.17) is 0 Å². The lowest BCUT2D eigenvalue weighted by Gasteiger charge is -2.36. The molecule has 1 fully saturated rings. The van der Waals surface area contributed by atoms with Gasteiger partial charge >= 0.3 is 0 Å². The van der Waals surface area contributed by atoms with Crippen LogP contribution in [0.4, 0.5) is 4.39 Å². The Bertz CT molecular complexity index is 477. The summed E-state index contributed by atoms with van der Waals surface area (Å²) in [5, 5.41) is 12.7. The molecule has 1 amide bonds. The van der Waals surface area contributed by atoms with Crippen molar-refractivity contribution < 1.29 is 14.3 Å². The van der Waals surface area contributed by atoms with E-state index in [1.54, 1.807) is 25.1 Å². The largest absolute Gasteiger partial charge is 0.389 e. The third-order valence-electron chi connectivity index (χ3n) is 3.55. The summed E-state index contributed by atoms with van der Waals surface area (Å²) in [7, 11) is 0. The van der Waals surface area contributed by atoms with Crippen molar-refractivity contribution in [1.29, 1.82) is 0 Å². The molecule has 2 N–H and O–H groups in total. The van der Waals surface area contributed by atoms with Crippen LogP contribution in [-0.4, -0.2) is 41.1 Å². The summed E-state index contributed by atoms with van der Waals surface area (Å²) in [6.45, 7) is 3.53. The molecule has 1 aliphatic heterocycles. The third kappa shape index (κ3) is 4.28. The Kier molecular flexibility index (Phi) is 4.73. The highest BCUT2D eigenvalue weighted by Crippen LogP contribution is 2.19. The van der Waals surface area contributed by atoms with E-state index in [0.717, 1.165) is 19.4 Å². The Labute approximate surface area is 118 Å². The Balaban J connectivity index is 1.80. The van der Waals surface area contributed by atoms with Gasteiger partial charge in [-0.3, -0.25) is 9.69 Å². The minimum Gasteiger partial charge on any atom is -0.389 e. The molecule has 1 aliphatic rings. The fourth-order valence-electron chi connectivity index (χ4n) is 2.55. The number of nitrogens with zero attached hydrogens (tertiary/aromatic N) is 1. The third-order valence-corrected chi connectivity index (χ3v) is 3.55. The van der Waals surface area contributed by atoms with Crippen molar-refractivity contribution >= 4 is 5.91 Å². The van der Waals surface area contributed by atoms with Crippen LogP contribution in [0.1, 0.15) is 25.3 Å². The Morgan fingerprint density at radius 2 is 2.25 bits per heavy atom. The second-order valence-corrected chi connectivity index (χ2v) is 5.68. The molecular weight excluding hydrogens is 259 g/mol. The van der Waals surface area contributed by atoms with Gasteiger partial charge in [-0.15, -0.1) is 0 Å². The summed E-state index contributed by atoms with van der Waals surface area (Å²) < 4.78 is 13.4. The quantitative estimate of drug-likeness (QED) is 0.874. The van der Waals surface area contributed by atoms with Gasteiger partial charge in [0.15, 0.2) is 0 Å². The number of carbonyl (C=O) groups excluding carboxylic acids is 1. The summed E-state index contributed by atoms with van der Waals surface area (Å²) in [6, 6.07) is 6.40. The Morgan fingerprint density at radius 1 is 1.50 bits per heavy atom. The number of carbonyl (C=O) groups is 1. The first kappa shape index (κ1) is 14.9. The molecule has 0 radical (unpaired) electrons. The van der Waals surface area contributed by atoms with Crippen LogP contribution >= 0.6 is 0 Å². The van der Waals surface area contributed by atoms with Gasteiger partial charge < -0.3 is 10.4 Å². The Morgan fingerprint density at radius 3 is 2.95 bits per heavy atom. The van der Waals surface area contributed by atoms with Crippen LogP contribution < -0.4 is 5.32 Å². The molecule has 1 aromatic rings. The molecule has 1 aromatic carbocycles. The number of β-amino-alcohol motifs (C(OH)–C–C–N with tert-alkyl or cyclic N) is 1. The van der Waals surface area contributed by atoms with Gasteiger partial charge in [-0.2, -0.15) is 0 Å². The maximum Gasteiger partial charge on any atom is 0.234 e. The SMILES string of the molecule is CC1(O)CCCN(CC(=O)NCc2ccccc2F)C1. The monoisotopic (exact) mass is 280 g/mol. The van der Waals surface area contributed by atoms with Crippen LogP contribution in [0.25, 0.3) is 0 Å². The average Bonchev–Trinajstić information content (AvgIpc) is 2.36. The number of halogens is 1. The van der Waals surface area contributed by atoms with E-state index < -0.39 is 5.60 Å². The highest BCUT2D eigenvalue weighted by molar-refractivity contribution is 5.78. The zero-order chi connectivity index (χ0) is 14.6. The highest BCUT2D eigenvalue weighted by Gasteiger charge is 2.29. The molecule has 0 spiro atoms. The van der Waals surface area contributed by atoms with E-state index in [1.807, 2.05) is 4.90 Å². The van der Waals surface area contributed by atoms with Gasteiger partial charge in [0.1, 0.15) is 5.82 Å². The molecule has 1 saturated heterocycles. The van der Waals surface area contributed by atoms with Crippen molar-refractivity contribution in [1.82, 2.24) is 10.2 Å². The van der Waals surface area contributed by atoms with Crippen LogP contribution in [0.2, 0.25) is 0 Å². The van der Waals surface area contributed by atoms with Gasteiger partial charge in [-0.25, -0.2) is 4.39 Å². The molecule has 1 atom stereocenters. The molecule has 2 rings (SSSR count). The number of hydrogen-bond acceptors (Lipinski definition) is 3. The topological polar surface area (TPSA) is 52.6 Å². The molecule has 0 aliphatic carbocycles. The van der Waals surface area contributed by atoms with Crippen molar-refractivity contribution in [3.8, 4) is 0 Å². The van der Waals surface area contributed by atoms with E-state index >= 15 is 0 Å². The normalized spacial score (nSPS) is 23.6. The first-order chi connectivity index (χ1) is 9.46. The van der Waals surface area contributed by atoms with Crippen molar-refractivity contribution in [2.24, 2.45) is 0 Å². The van der Waals surface area contributed by atoms with Crippen LogP contribution in [-0.2, 0) is 11.3 Å². The number of rotatable bonds is 4. The second kappa shape index (κ2) is 6.33. The number of benzene rings is 1. The summed E-state index contributed by atoms with van der Waals surface area (Å²) in [5.74, 6) is -0.459. The molecule has 5 heteroatoms. The molecule has 0 bridgehead atoms. The Hall–Kier alpha value is -1.46. The van der Waals surface area contributed by atoms with Crippen molar-refractivity contribution in [2.75, 3.05) is 19.6 Å². The van der Waals surface area contributed by atoms with Gasteiger partial charge in [0, 0.05) is 18.7 Å². The summed E-state index contributed by atoms with van der Waals surface area (Å²) in [6.07, 6.45) is 1.65. The zero-order valence-corrected chi connectivity index (χ0v) is 11.7. The van der Waals surface area contributed by atoms with Crippen LogP contribution in [0.15, 0.2) is 24.3 Å². The smallest absolute Gasteiger partial charge is 0.234 e. The standard InChI is InChI=1S/C15H21FN2O2/c1-15(20)7-4-8-18(11-15)10-14(19)17-9-12-5-2-3-6-13(12)16/h2-3,5-6,20H,4,7-11H2,1H3,(H,17,19). The molecule has 0 aromatic heterocycles. The zero-order valence-electron chi connectivity index (χ0n) is 11.7. The van der Waals surface area contributed by atoms with Crippen LogP contribution in [0.5, 0.6) is 0 Å². The summed E-state index contributed by atoms with van der Waals surface area (Å²) >= 11 is 0. The predicted molar refractivity (Wildman–Crippen MR) is 74.5 cm³/mol. The van der Waals surface area contributed by atoms with E-state index in [1.165, 1.54) is 6.07 Å². The van der Waals surface area contributed by atoms with Gasteiger partial charge in [-0.05, 0) is 32.4 Å². The van der Waals surface area contributed by atoms with Crippen molar-refractivity contribution in [2.45, 2.75) is 31.9 Å². The predicted octanol–water partition coefficient (Wildman–Crippen LogP) is 1.29. The van der Waals surface area contributed by atoms with E-state index in [2.05, 4.69) is 5.32 Å². The van der Waals surface area contributed by atoms with Crippen molar-refractivity contribution in [3.63, 3.8) is 0 Å². The molecule has 4 nitrogen and oxygen atoms in total. The van der Waals surface area contributed by atoms with E-state index in [-0.39, 0.29) is 24.8 Å². The molecule has 20 heavy (non-hydrogen) atoms. The number of amides is 1. The van der Waals surface area contributed by atoms with Gasteiger partial charge in [0.05, 0.1) is 12.1 Å². The second-order valence-electron chi connectivity index (χ2n) is 5.68. The molecule has 1 unspecified atom stereocenters. The number of aliphatic hydroxyl groups is 1. The van der Waals surface area contributed by atoms with Gasteiger partial charge in [0.2, 0.25) is 5.91 Å².